The van der Waals surface area contributed by atoms with Crippen molar-refractivity contribution in [1.29, 1.82) is 5.26 Å². The van der Waals surface area contributed by atoms with Crippen molar-refractivity contribution in [2.45, 2.75) is 19.5 Å². The summed E-state index contributed by atoms with van der Waals surface area (Å²) < 4.78 is 28.4. The van der Waals surface area contributed by atoms with Crippen molar-refractivity contribution in [2.75, 3.05) is 13.6 Å². The first-order chi connectivity index (χ1) is 10.1. The Morgan fingerprint density at radius 1 is 1.38 bits per heavy atom. The number of nitrogens with zero attached hydrogens (tertiary/aromatic N) is 4. The molecule has 0 fully saturated rings. The highest BCUT2D eigenvalue weighted by atomic mass is 19.1. The third-order valence-corrected chi connectivity index (χ3v) is 3.77. The van der Waals surface area contributed by atoms with Crippen LogP contribution in [0.4, 0.5) is 8.78 Å². The van der Waals surface area contributed by atoms with Gasteiger partial charge in [0.25, 0.3) is 0 Å². The Labute approximate surface area is 121 Å². The van der Waals surface area contributed by atoms with Crippen LogP contribution in [0.1, 0.15) is 22.5 Å². The smallest absolute Gasteiger partial charge is 0.167 e. The van der Waals surface area contributed by atoms with Gasteiger partial charge in [0.15, 0.2) is 5.69 Å². The molecule has 0 amide bonds. The van der Waals surface area contributed by atoms with Crippen molar-refractivity contribution in [1.82, 2.24) is 14.7 Å². The first kappa shape index (κ1) is 13.7. The predicted molar refractivity (Wildman–Crippen MR) is 72.4 cm³/mol. The third-order valence-electron chi connectivity index (χ3n) is 3.77. The number of nitriles is 1. The van der Waals surface area contributed by atoms with E-state index in [1.165, 1.54) is 12.1 Å². The summed E-state index contributed by atoms with van der Waals surface area (Å²) in [4.78, 5) is 2.12. The first-order valence-electron chi connectivity index (χ1n) is 6.69. The third kappa shape index (κ3) is 2.52. The van der Waals surface area contributed by atoms with Crippen molar-refractivity contribution in [3.8, 4) is 6.07 Å². The number of fused-ring (bicyclic) bond motifs is 1. The van der Waals surface area contributed by atoms with Crippen molar-refractivity contribution < 1.29 is 8.78 Å². The van der Waals surface area contributed by atoms with Crippen LogP contribution in [-0.2, 0) is 19.5 Å². The minimum atomic E-state index is -0.599. The van der Waals surface area contributed by atoms with Crippen molar-refractivity contribution >= 4 is 0 Å². The Morgan fingerprint density at radius 3 is 2.90 bits per heavy atom. The van der Waals surface area contributed by atoms with Gasteiger partial charge in [-0.2, -0.15) is 10.4 Å². The van der Waals surface area contributed by atoms with Gasteiger partial charge in [-0.15, -0.1) is 0 Å². The number of hydrogen-bond donors (Lipinski definition) is 0. The molecule has 4 nitrogen and oxygen atoms in total. The van der Waals surface area contributed by atoms with E-state index in [2.05, 4.69) is 16.1 Å². The fourth-order valence-electron chi connectivity index (χ4n) is 2.66. The van der Waals surface area contributed by atoms with E-state index in [0.717, 1.165) is 30.3 Å². The lowest BCUT2D eigenvalue weighted by Crippen LogP contribution is -2.27. The summed E-state index contributed by atoms with van der Waals surface area (Å²) in [6.45, 7) is 1.75. The number of hydrogen-bond acceptors (Lipinski definition) is 3. The van der Waals surface area contributed by atoms with Crippen LogP contribution in [0.15, 0.2) is 18.2 Å². The summed E-state index contributed by atoms with van der Waals surface area (Å²) in [6, 6.07) is 5.60. The summed E-state index contributed by atoms with van der Waals surface area (Å²) in [7, 11) is 1.99. The Kier molecular flexibility index (Phi) is 3.43. The highest BCUT2D eigenvalue weighted by Gasteiger charge is 2.23. The van der Waals surface area contributed by atoms with Gasteiger partial charge in [0.05, 0.1) is 6.54 Å². The van der Waals surface area contributed by atoms with E-state index >= 15 is 0 Å². The highest BCUT2D eigenvalue weighted by molar-refractivity contribution is 5.37. The number of benzene rings is 1. The molecule has 108 valence electrons. The minimum Gasteiger partial charge on any atom is -0.302 e. The Morgan fingerprint density at radius 2 is 2.19 bits per heavy atom. The van der Waals surface area contributed by atoms with Gasteiger partial charge in [-0.1, -0.05) is 6.07 Å². The van der Waals surface area contributed by atoms with Gasteiger partial charge in [-0.3, -0.25) is 4.68 Å². The molecular formula is C15H14F2N4. The lowest BCUT2D eigenvalue weighted by molar-refractivity contribution is 0.308. The topological polar surface area (TPSA) is 44.9 Å². The fraction of sp³-hybridized carbons (Fsp3) is 0.333. The molecule has 0 radical (unpaired) electrons. The van der Waals surface area contributed by atoms with E-state index < -0.39 is 11.6 Å². The molecule has 3 rings (SSSR count). The van der Waals surface area contributed by atoms with Crippen molar-refractivity contribution in [3.63, 3.8) is 0 Å². The normalized spacial score (nSPS) is 14.8. The molecule has 1 aromatic heterocycles. The predicted octanol–water partition coefficient (Wildman–Crippen LogP) is 2.07. The zero-order valence-corrected chi connectivity index (χ0v) is 11.6. The maximum atomic E-state index is 13.8. The molecule has 0 saturated heterocycles. The Bertz CT molecular complexity index is 730. The number of halogens is 2. The Hall–Kier alpha value is -2.26. The molecule has 6 heteroatoms. The molecule has 0 spiro atoms. The first-order valence-corrected chi connectivity index (χ1v) is 6.69. The summed E-state index contributed by atoms with van der Waals surface area (Å²) in [5, 5.41) is 13.5. The van der Waals surface area contributed by atoms with E-state index in [-0.39, 0.29) is 6.54 Å². The zero-order valence-electron chi connectivity index (χ0n) is 11.6. The second-order valence-electron chi connectivity index (χ2n) is 5.27. The molecular weight excluding hydrogens is 274 g/mol. The molecule has 21 heavy (non-hydrogen) atoms. The molecule has 1 aliphatic rings. The molecule has 1 aliphatic heterocycles. The van der Waals surface area contributed by atoms with Gasteiger partial charge in [0.1, 0.15) is 17.7 Å². The van der Waals surface area contributed by atoms with Crippen LogP contribution in [0.25, 0.3) is 0 Å². The van der Waals surface area contributed by atoms with Crippen molar-refractivity contribution in [3.05, 3.63) is 52.3 Å². The van der Waals surface area contributed by atoms with Crippen LogP contribution in [0.2, 0.25) is 0 Å². The monoisotopic (exact) mass is 288 g/mol. The van der Waals surface area contributed by atoms with Gasteiger partial charge in [-0.25, -0.2) is 8.78 Å². The molecule has 2 aromatic rings. The average molecular weight is 288 g/mol. The van der Waals surface area contributed by atoms with E-state index in [4.69, 9.17) is 0 Å². The number of likely N-dealkylation sites (N-methyl/N-ethyl adjacent to an activating group) is 1. The molecule has 0 aliphatic carbocycles. The fourth-order valence-corrected chi connectivity index (χ4v) is 2.66. The van der Waals surface area contributed by atoms with Gasteiger partial charge >= 0.3 is 0 Å². The van der Waals surface area contributed by atoms with Gasteiger partial charge in [-0.05, 0) is 13.1 Å². The van der Waals surface area contributed by atoms with Crippen LogP contribution < -0.4 is 0 Å². The number of rotatable bonds is 2. The second-order valence-corrected chi connectivity index (χ2v) is 5.27. The summed E-state index contributed by atoms with van der Waals surface area (Å²) >= 11 is 0. The van der Waals surface area contributed by atoms with E-state index in [9.17, 15) is 14.0 Å². The molecule has 2 heterocycles. The lowest BCUT2D eigenvalue weighted by Gasteiger charge is -2.23. The summed E-state index contributed by atoms with van der Waals surface area (Å²) in [5.74, 6) is -1.19. The van der Waals surface area contributed by atoms with Crippen LogP contribution in [0.5, 0.6) is 0 Å². The van der Waals surface area contributed by atoms with Crippen LogP contribution in [0, 0.1) is 23.0 Å². The SMILES string of the molecule is CN1CCc2c(c(C#N)nn2Cc2ccc(F)cc2F)C1. The van der Waals surface area contributed by atoms with Gasteiger partial charge < -0.3 is 4.90 Å². The molecule has 0 N–H and O–H groups in total. The van der Waals surface area contributed by atoms with Gasteiger partial charge in [0, 0.05) is 42.4 Å². The quantitative estimate of drug-likeness (QED) is 0.850. The lowest BCUT2D eigenvalue weighted by atomic mass is 10.1. The largest absolute Gasteiger partial charge is 0.302 e. The average Bonchev–Trinajstić information content (AvgIpc) is 2.79. The Balaban J connectivity index is 1.98. The van der Waals surface area contributed by atoms with Crippen molar-refractivity contribution in [2.24, 2.45) is 0 Å². The maximum Gasteiger partial charge on any atom is 0.167 e. The molecule has 1 aromatic carbocycles. The van der Waals surface area contributed by atoms with E-state index in [0.29, 0.717) is 17.8 Å². The van der Waals surface area contributed by atoms with Crippen LogP contribution >= 0.6 is 0 Å². The molecule has 0 unspecified atom stereocenters. The summed E-state index contributed by atoms with van der Waals surface area (Å²) in [5.41, 5.74) is 2.63. The van der Waals surface area contributed by atoms with E-state index in [1.54, 1.807) is 4.68 Å². The van der Waals surface area contributed by atoms with Gasteiger partial charge in [0.2, 0.25) is 0 Å². The minimum absolute atomic E-state index is 0.208. The highest BCUT2D eigenvalue weighted by Crippen LogP contribution is 2.23. The molecule has 0 saturated carbocycles. The van der Waals surface area contributed by atoms with Crippen LogP contribution in [-0.4, -0.2) is 28.3 Å². The zero-order chi connectivity index (χ0) is 15.0. The van der Waals surface area contributed by atoms with Crippen LogP contribution in [0.3, 0.4) is 0 Å². The summed E-state index contributed by atoms with van der Waals surface area (Å²) in [6.07, 6.45) is 0.767. The van der Waals surface area contributed by atoms with E-state index in [1.807, 2.05) is 7.05 Å². The molecule has 0 bridgehead atoms. The standard InChI is InChI=1S/C15H14F2N4/c1-20-5-4-15-12(9-20)14(7-18)19-21(15)8-10-2-3-11(16)6-13(10)17/h2-3,6H,4-5,8-9H2,1H3. The maximum absolute atomic E-state index is 13.8. The second kappa shape index (κ2) is 5.26. The number of aromatic nitrogens is 2. The molecule has 0 atom stereocenters.